The second-order valence-electron chi connectivity index (χ2n) is 5.03. The minimum atomic E-state index is -3.57. The third-order valence-electron chi connectivity index (χ3n) is 3.07. The third-order valence-corrected chi connectivity index (χ3v) is 4.68. The Balaban J connectivity index is 2.07. The standard InChI is InChI=1S/C14H19N3O3S/c1-11(9-17-8-7-15-10-17)16-21(19,20)14-5-3-13(4-6-14)12(2)18/h3-8,10-12,16,18H,9H2,1-2H3. The summed E-state index contributed by atoms with van der Waals surface area (Å²) in [6, 6.07) is 5.95. The van der Waals surface area contributed by atoms with Crippen LogP contribution in [-0.4, -0.2) is 29.1 Å². The lowest BCUT2D eigenvalue weighted by atomic mass is 10.1. The minimum Gasteiger partial charge on any atom is -0.389 e. The van der Waals surface area contributed by atoms with Gasteiger partial charge in [-0.05, 0) is 31.5 Å². The Labute approximate surface area is 124 Å². The molecule has 0 fully saturated rings. The zero-order valence-corrected chi connectivity index (χ0v) is 12.8. The first kappa shape index (κ1) is 15.7. The summed E-state index contributed by atoms with van der Waals surface area (Å²) < 4.78 is 28.9. The van der Waals surface area contributed by atoms with E-state index in [1.165, 1.54) is 12.1 Å². The summed E-state index contributed by atoms with van der Waals surface area (Å²) in [4.78, 5) is 4.10. The lowest BCUT2D eigenvalue weighted by Crippen LogP contribution is -2.35. The number of benzene rings is 1. The maximum absolute atomic E-state index is 12.3. The van der Waals surface area contributed by atoms with Crippen LogP contribution in [0.25, 0.3) is 0 Å². The Bertz CT molecular complexity index is 664. The van der Waals surface area contributed by atoms with E-state index in [4.69, 9.17) is 0 Å². The highest BCUT2D eigenvalue weighted by Crippen LogP contribution is 2.16. The van der Waals surface area contributed by atoms with Crippen LogP contribution >= 0.6 is 0 Å². The first-order chi connectivity index (χ1) is 9.88. The van der Waals surface area contributed by atoms with E-state index in [0.717, 1.165) is 0 Å². The molecule has 2 unspecified atom stereocenters. The molecule has 0 radical (unpaired) electrons. The fraction of sp³-hybridized carbons (Fsp3) is 0.357. The van der Waals surface area contributed by atoms with Gasteiger partial charge in [-0.15, -0.1) is 0 Å². The van der Waals surface area contributed by atoms with Gasteiger partial charge in [0.2, 0.25) is 10.0 Å². The fourth-order valence-corrected chi connectivity index (χ4v) is 3.24. The van der Waals surface area contributed by atoms with E-state index >= 15 is 0 Å². The molecular formula is C14H19N3O3S. The monoisotopic (exact) mass is 309 g/mol. The fourth-order valence-electron chi connectivity index (χ4n) is 2.01. The molecule has 0 saturated heterocycles. The largest absolute Gasteiger partial charge is 0.389 e. The van der Waals surface area contributed by atoms with Crippen LogP contribution in [0, 0.1) is 0 Å². The van der Waals surface area contributed by atoms with Gasteiger partial charge in [0.25, 0.3) is 0 Å². The molecule has 2 N–H and O–H groups in total. The normalized spacial score (nSPS) is 14.8. The molecule has 2 atom stereocenters. The molecular weight excluding hydrogens is 290 g/mol. The predicted octanol–water partition coefficient (Wildman–Crippen LogP) is 1.30. The van der Waals surface area contributed by atoms with E-state index in [9.17, 15) is 13.5 Å². The molecule has 1 aromatic heterocycles. The maximum atomic E-state index is 12.3. The summed E-state index contributed by atoms with van der Waals surface area (Å²) >= 11 is 0. The van der Waals surface area contributed by atoms with Crippen LogP contribution in [0.4, 0.5) is 0 Å². The van der Waals surface area contributed by atoms with E-state index in [1.54, 1.807) is 44.7 Å². The highest BCUT2D eigenvalue weighted by molar-refractivity contribution is 7.89. The van der Waals surface area contributed by atoms with Gasteiger partial charge in [0.15, 0.2) is 0 Å². The lowest BCUT2D eigenvalue weighted by molar-refractivity contribution is 0.199. The van der Waals surface area contributed by atoms with Gasteiger partial charge in [0.05, 0.1) is 17.3 Å². The molecule has 0 bridgehead atoms. The van der Waals surface area contributed by atoms with Crippen LogP contribution in [0.2, 0.25) is 0 Å². The SMILES string of the molecule is CC(Cn1ccnc1)NS(=O)(=O)c1ccc(C(C)O)cc1. The molecule has 7 heteroatoms. The van der Waals surface area contributed by atoms with E-state index in [-0.39, 0.29) is 10.9 Å². The van der Waals surface area contributed by atoms with E-state index in [0.29, 0.717) is 12.1 Å². The van der Waals surface area contributed by atoms with Crippen molar-refractivity contribution < 1.29 is 13.5 Å². The molecule has 0 aliphatic rings. The first-order valence-corrected chi connectivity index (χ1v) is 8.13. The minimum absolute atomic E-state index is 0.185. The molecule has 0 aliphatic heterocycles. The van der Waals surface area contributed by atoms with Crippen LogP contribution < -0.4 is 4.72 Å². The van der Waals surface area contributed by atoms with Gasteiger partial charge in [-0.2, -0.15) is 0 Å². The Morgan fingerprint density at radius 1 is 1.29 bits per heavy atom. The van der Waals surface area contributed by atoms with Crippen molar-refractivity contribution in [2.75, 3.05) is 0 Å². The number of nitrogens with one attached hydrogen (secondary N) is 1. The zero-order valence-electron chi connectivity index (χ0n) is 12.0. The summed E-state index contributed by atoms with van der Waals surface area (Å²) in [7, 11) is -3.57. The van der Waals surface area contributed by atoms with Crippen molar-refractivity contribution in [1.29, 1.82) is 0 Å². The van der Waals surface area contributed by atoms with Crippen LogP contribution in [0.15, 0.2) is 47.9 Å². The molecule has 114 valence electrons. The summed E-state index contributed by atoms with van der Waals surface area (Å²) in [6.07, 6.45) is 4.45. The van der Waals surface area contributed by atoms with Crippen molar-refractivity contribution in [2.45, 2.75) is 37.4 Å². The number of aromatic nitrogens is 2. The molecule has 0 amide bonds. The number of hydrogen-bond donors (Lipinski definition) is 2. The van der Waals surface area contributed by atoms with Crippen LogP contribution in [0.3, 0.4) is 0 Å². The molecule has 6 nitrogen and oxygen atoms in total. The van der Waals surface area contributed by atoms with Crippen LogP contribution in [0.5, 0.6) is 0 Å². The average Bonchev–Trinajstić information content (AvgIpc) is 2.90. The van der Waals surface area contributed by atoms with Gasteiger partial charge in [0.1, 0.15) is 0 Å². The third kappa shape index (κ3) is 4.13. The number of rotatable bonds is 6. The molecule has 0 aliphatic carbocycles. The topological polar surface area (TPSA) is 84.2 Å². The first-order valence-electron chi connectivity index (χ1n) is 6.64. The van der Waals surface area contributed by atoms with Gasteiger partial charge in [-0.3, -0.25) is 0 Å². The molecule has 0 spiro atoms. The zero-order chi connectivity index (χ0) is 15.5. The lowest BCUT2D eigenvalue weighted by Gasteiger charge is -2.15. The number of aliphatic hydroxyl groups excluding tert-OH is 1. The van der Waals surface area contributed by atoms with Crippen molar-refractivity contribution in [3.05, 3.63) is 48.5 Å². The Morgan fingerprint density at radius 3 is 2.48 bits per heavy atom. The van der Waals surface area contributed by atoms with Gasteiger partial charge >= 0.3 is 0 Å². The summed E-state index contributed by atoms with van der Waals surface area (Å²) in [5, 5.41) is 9.43. The quantitative estimate of drug-likeness (QED) is 0.842. The molecule has 1 aromatic carbocycles. The van der Waals surface area contributed by atoms with E-state index < -0.39 is 16.1 Å². The van der Waals surface area contributed by atoms with E-state index in [1.807, 2.05) is 4.57 Å². The van der Waals surface area contributed by atoms with Crippen molar-refractivity contribution in [1.82, 2.24) is 14.3 Å². The predicted molar refractivity (Wildman–Crippen MR) is 79.1 cm³/mol. The van der Waals surface area contributed by atoms with Crippen molar-refractivity contribution >= 4 is 10.0 Å². The maximum Gasteiger partial charge on any atom is 0.240 e. The number of sulfonamides is 1. The molecule has 2 aromatic rings. The summed E-state index contributed by atoms with van der Waals surface area (Å²) in [5.74, 6) is 0. The Kier molecular flexibility index (Phi) is 4.76. The highest BCUT2D eigenvalue weighted by atomic mass is 32.2. The van der Waals surface area contributed by atoms with Gasteiger partial charge < -0.3 is 9.67 Å². The highest BCUT2D eigenvalue weighted by Gasteiger charge is 2.17. The van der Waals surface area contributed by atoms with Crippen LogP contribution in [0.1, 0.15) is 25.5 Å². The molecule has 2 rings (SSSR count). The number of hydrogen-bond acceptors (Lipinski definition) is 4. The Hall–Kier alpha value is -1.70. The van der Waals surface area contributed by atoms with Crippen molar-refractivity contribution in [2.24, 2.45) is 0 Å². The van der Waals surface area contributed by atoms with Gasteiger partial charge in [-0.1, -0.05) is 12.1 Å². The average molecular weight is 309 g/mol. The molecule has 0 saturated carbocycles. The number of nitrogens with zero attached hydrogens (tertiary/aromatic N) is 2. The smallest absolute Gasteiger partial charge is 0.240 e. The molecule has 21 heavy (non-hydrogen) atoms. The Morgan fingerprint density at radius 2 is 1.95 bits per heavy atom. The van der Waals surface area contributed by atoms with Gasteiger partial charge in [-0.25, -0.2) is 18.1 Å². The van der Waals surface area contributed by atoms with Gasteiger partial charge in [0, 0.05) is 25.0 Å². The van der Waals surface area contributed by atoms with Crippen LogP contribution in [-0.2, 0) is 16.6 Å². The second kappa shape index (κ2) is 6.38. The summed E-state index contributed by atoms with van der Waals surface area (Å²) in [6.45, 7) is 3.93. The molecule has 1 heterocycles. The second-order valence-corrected chi connectivity index (χ2v) is 6.74. The summed E-state index contributed by atoms with van der Waals surface area (Å²) in [5.41, 5.74) is 0.681. The van der Waals surface area contributed by atoms with Crippen molar-refractivity contribution in [3.63, 3.8) is 0 Å². The van der Waals surface area contributed by atoms with Crippen molar-refractivity contribution in [3.8, 4) is 0 Å². The van der Waals surface area contributed by atoms with E-state index in [2.05, 4.69) is 9.71 Å². The number of aliphatic hydroxyl groups is 1. The number of imidazole rings is 1.